The Morgan fingerprint density at radius 1 is 1.18 bits per heavy atom. The van der Waals surface area contributed by atoms with Gasteiger partial charge in [-0.15, -0.1) is 0 Å². The van der Waals surface area contributed by atoms with E-state index in [1.54, 1.807) is 41.8 Å². The average Bonchev–Trinajstić information content (AvgIpc) is 3.65. The molecule has 5 N–H and O–H groups in total. The van der Waals surface area contributed by atoms with Crippen LogP contribution in [0.2, 0.25) is 0 Å². The Hall–Kier alpha value is -5.13. The number of hydrogen-bond acceptors (Lipinski definition) is 9. The highest BCUT2D eigenvalue weighted by atomic mass is 19.2. The smallest absolute Gasteiger partial charge is 0.251 e. The first-order valence-corrected chi connectivity index (χ1v) is 13.9. The fourth-order valence-corrected chi connectivity index (χ4v) is 4.93. The summed E-state index contributed by atoms with van der Waals surface area (Å²) in [6, 6.07) is 9.10. The predicted octanol–water partition coefficient (Wildman–Crippen LogP) is 2.59. The number of imidazole rings is 1. The molecule has 0 aliphatic carbocycles. The number of carbonyl (C=O) groups excluding carboxylic acids is 2. The Balaban J connectivity index is 1.21. The Labute approximate surface area is 251 Å². The van der Waals surface area contributed by atoms with E-state index in [1.165, 1.54) is 24.5 Å². The molecule has 0 spiro atoms. The van der Waals surface area contributed by atoms with E-state index < -0.39 is 30.4 Å². The number of nitriles is 1. The van der Waals surface area contributed by atoms with Crippen LogP contribution in [0.5, 0.6) is 5.75 Å². The molecule has 12 nitrogen and oxygen atoms in total. The quantitative estimate of drug-likeness (QED) is 0.162. The van der Waals surface area contributed by atoms with Crippen molar-refractivity contribution in [3.05, 3.63) is 71.7 Å². The van der Waals surface area contributed by atoms with Crippen LogP contribution in [-0.4, -0.2) is 69.7 Å². The number of ether oxygens (including phenoxy) is 1. The molecule has 1 fully saturated rings. The zero-order valence-corrected chi connectivity index (χ0v) is 23.7. The molecule has 2 amide bonds. The van der Waals surface area contributed by atoms with Crippen LogP contribution in [0.25, 0.3) is 16.9 Å². The van der Waals surface area contributed by atoms with Crippen molar-refractivity contribution in [1.29, 1.82) is 5.26 Å². The van der Waals surface area contributed by atoms with E-state index in [0.29, 0.717) is 60.8 Å². The van der Waals surface area contributed by atoms with Crippen LogP contribution < -0.4 is 26.0 Å². The number of halogens is 2. The maximum Gasteiger partial charge on any atom is 0.251 e. The van der Waals surface area contributed by atoms with Gasteiger partial charge < -0.3 is 31.1 Å². The molecule has 5 rings (SSSR count). The summed E-state index contributed by atoms with van der Waals surface area (Å²) in [5, 5.41) is 30.0. The lowest BCUT2D eigenvalue weighted by atomic mass is 10.1. The molecule has 1 saturated heterocycles. The minimum absolute atomic E-state index is 0.0456. The summed E-state index contributed by atoms with van der Waals surface area (Å²) < 4.78 is 36.0. The fraction of sp³-hybridized carbons (Fsp3) is 0.300. The standard InChI is InChI=1S/C30H30F2N8O4/c1-17-13-18(3-4-20(17)29(42)35-8-2-9-36-30(43)22-14-19(41)15-37-22)39-27-28-38-16-23(40(28)11-10-34-27)21-5-6-24(44-12-7-33)26(32)25(21)31/h3-6,10-11,13,16,19,22,37,41H,2,8-9,12,14-15H2,1H3,(H,34,39)(H,35,42)(H,36,43). The maximum absolute atomic E-state index is 14.9. The number of aromatic nitrogens is 3. The Morgan fingerprint density at radius 3 is 2.75 bits per heavy atom. The maximum atomic E-state index is 14.9. The summed E-state index contributed by atoms with van der Waals surface area (Å²) in [4.78, 5) is 33.5. The first-order chi connectivity index (χ1) is 21.3. The minimum Gasteiger partial charge on any atom is -0.476 e. The van der Waals surface area contributed by atoms with Gasteiger partial charge in [0.25, 0.3) is 5.91 Å². The van der Waals surface area contributed by atoms with Crippen LogP contribution in [0.1, 0.15) is 28.8 Å². The van der Waals surface area contributed by atoms with Crippen LogP contribution in [0, 0.1) is 29.9 Å². The molecule has 2 aromatic carbocycles. The molecular formula is C30H30F2N8O4. The van der Waals surface area contributed by atoms with E-state index in [-0.39, 0.29) is 28.8 Å². The fourth-order valence-electron chi connectivity index (χ4n) is 4.93. The number of nitrogens with one attached hydrogen (secondary N) is 4. The molecule has 1 aliphatic rings. The lowest BCUT2D eigenvalue weighted by molar-refractivity contribution is -0.122. The lowest BCUT2D eigenvalue weighted by Crippen LogP contribution is -2.41. The van der Waals surface area contributed by atoms with Gasteiger partial charge in [-0.25, -0.2) is 14.4 Å². The number of aryl methyl sites for hydroxylation is 1. The SMILES string of the molecule is Cc1cc(Nc2nccn3c(-c4ccc(OCC#N)c(F)c4F)cnc23)ccc1C(=O)NCCCNC(=O)C1CC(O)CN1. The number of amides is 2. The van der Waals surface area contributed by atoms with Gasteiger partial charge >= 0.3 is 0 Å². The second-order valence-corrected chi connectivity index (χ2v) is 10.2. The van der Waals surface area contributed by atoms with Crippen molar-refractivity contribution in [2.75, 3.05) is 31.6 Å². The predicted molar refractivity (Wildman–Crippen MR) is 156 cm³/mol. The molecular weight excluding hydrogens is 574 g/mol. The zero-order chi connectivity index (χ0) is 31.2. The van der Waals surface area contributed by atoms with Gasteiger partial charge in [0.05, 0.1) is 24.0 Å². The average molecular weight is 605 g/mol. The molecule has 14 heteroatoms. The van der Waals surface area contributed by atoms with Gasteiger partial charge in [0.1, 0.15) is 6.07 Å². The summed E-state index contributed by atoms with van der Waals surface area (Å²) in [5.41, 5.74) is 2.42. The number of β-amino-alcohol motifs (C(OH)–C–C–N with tert-alkyl or cyclic N) is 1. The number of carbonyl (C=O) groups is 2. The van der Waals surface area contributed by atoms with Gasteiger partial charge in [-0.1, -0.05) is 0 Å². The van der Waals surface area contributed by atoms with Crippen LogP contribution in [0.3, 0.4) is 0 Å². The van der Waals surface area contributed by atoms with Gasteiger partial charge in [0.15, 0.2) is 29.6 Å². The summed E-state index contributed by atoms with van der Waals surface area (Å²) in [6.45, 7) is 2.55. The van der Waals surface area contributed by atoms with Gasteiger partial charge in [0.2, 0.25) is 11.7 Å². The molecule has 2 atom stereocenters. The molecule has 4 aromatic rings. The van der Waals surface area contributed by atoms with E-state index in [4.69, 9.17) is 10.00 Å². The lowest BCUT2D eigenvalue weighted by Gasteiger charge is -2.13. The third-order valence-corrected chi connectivity index (χ3v) is 7.14. The molecule has 2 aromatic heterocycles. The second kappa shape index (κ2) is 13.4. The van der Waals surface area contributed by atoms with Crippen LogP contribution in [-0.2, 0) is 4.79 Å². The number of nitrogens with zero attached hydrogens (tertiary/aromatic N) is 4. The van der Waals surface area contributed by atoms with E-state index >= 15 is 0 Å². The number of benzene rings is 2. The Kier molecular flexibility index (Phi) is 9.27. The highest BCUT2D eigenvalue weighted by molar-refractivity contribution is 5.96. The van der Waals surface area contributed by atoms with Crippen molar-refractivity contribution in [3.63, 3.8) is 0 Å². The highest BCUT2D eigenvalue weighted by Crippen LogP contribution is 2.32. The molecule has 0 bridgehead atoms. The number of aliphatic hydroxyl groups excluding tert-OH is 1. The number of aliphatic hydroxyl groups is 1. The van der Waals surface area contributed by atoms with Gasteiger partial charge in [0, 0.05) is 48.8 Å². The zero-order valence-electron chi connectivity index (χ0n) is 23.7. The second-order valence-electron chi connectivity index (χ2n) is 10.2. The summed E-state index contributed by atoms with van der Waals surface area (Å²) in [7, 11) is 0. The van der Waals surface area contributed by atoms with E-state index in [2.05, 4.69) is 31.2 Å². The van der Waals surface area contributed by atoms with Crippen molar-refractivity contribution >= 4 is 29.0 Å². The van der Waals surface area contributed by atoms with Crippen LogP contribution >= 0.6 is 0 Å². The number of hydrogen-bond donors (Lipinski definition) is 5. The van der Waals surface area contributed by atoms with Crippen molar-refractivity contribution in [3.8, 4) is 23.1 Å². The third kappa shape index (κ3) is 6.59. The first kappa shape index (κ1) is 30.3. The first-order valence-electron chi connectivity index (χ1n) is 13.9. The molecule has 2 unspecified atom stereocenters. The van der Waals surface area contributed by atoms with Crippen molar-refractivity contribution in [2.24, 2.45) is 0 Å². The van der Waals surface area contributed by atoms with Gasteiger partial charge in [-0.3, -0.25) is 14.0 Å². The van der Waals surface area contributed by atoms with Crippen LogP contribution in [0.4, 0.5) is 20.3 Å². The number of rotatable bonds is 11. The molecule has 1 aliphatic heterocycles. The number of fused-ring (bicyclic) bond motifs is 1. The largest absolute Gasteiger partial charge is 0.476 e. The molecule has 0 radical (unpaired) electrons. The van der Waals surface area contributed by atoms with Crippen LogP contribution in [0.15, 0.2) is 48.9 Å². The monoisotopic (exact) mass is 604 g/mol. The van der Waals surface area contributed by atoms with E-state index in [0.717, 1.165) is 0 Å². The molecule has 44 heavy (non-hydrogen) atoms. The molecule has 3 heterocycles. The van der Waals surface area contributed by atoms with E-state index in [9.17, 15) is 23.5 Å². The summed E-state index contributed by atoms with van der Waals surface area (Å²) in [5.74, 6) is -2.76. The third-order valence-electron chi connectivity index (χ3n) is 7.14. The van der Waals surface area contributed by atoms with Crippen molar-refractivity contribution < 1.29 is 28.2 Å². The van der Waals surface area contributed by atoms with Gasteiger partial charge in [-0.05, 0) is 55.7 Å². The Bertz CT molecular complexity index is 1740. The Morgan fingerprint density at radius 2 is 2.00 bits per heavy atom. The highest BCUT2D eigenvalue weighted by Gasteiger charge is 2.27. The summed E-state index contributed by atoms with van der Waals surface area (Å²) in [6.07, 6.45) is 4.88. The summed E-state index contributed by atoms with van der Waals surface area (Å²) >= 11 is 0. The normalized spacial score (nSPS) is 16.0. The molecule has 0 saturated carbocycles. The van der Waals surface area contributed by atoms with E-state index in [1.807, 2.05) is 0 Å². The minimum atomic E-state index is -1.20. The van der Waals surface area contributed by atoms with Gasteiger partial charge in [-0.2, -0.15) is 9.65 Å². The molecule has 228 valence electrons. The van der Waals surface area contributed by atoms with Crippen molar-refractivity contribution in [2.45, 2.75) is 31.9 Å². The van der Waals surface area contributed by atoms with Crippen molar-refractivity contribution in [1.82, 2.24) is 30.3 Å². The number of anilines is 2. The topological polar surface area (TPSA) is 166 Å².